The van der Waals surface area contributed by atoms with Gasteiger partial charge in [0, 0.05) is 32.3 Å². The molecule has 27 heavy (non-hydrogen) atoms. The lowest BCUT2D eigenvalue weighted by Gasteiger charge is -2.30. The summed E-state index contributed by atoms with van der Waals surface area (Å²) < 4.78 is 20.0. The van der Waals surface area contributed by atoms with Gasteiger partial charge in [-0.1, -0.05) is 11.6 Å². The second-order valence-electron chi connectivity index (χ2n) is 6.62. The third-order valence-corrected chi connectivity index (χ3v) is 4.79. The van der Waals surface area contributed by atoms with Crippen LogP contribution in [-0.2, 0) is 4.74 Å². The van der Waals surface area contributed by atoms with Gasteiger partial charge in [-0.2, -0.15) is 5.26 Å². The molecule has 2 aliphatic rings. The van der Waals surface area contributed by atoms with Gasteiger partial charge in [0.2, 0.25) is 0 Å². The minimum atomic E-state index is -0.461. The van der Waals surface area contributed by atoms with E-state index < -0.39 is 6.09 Å². The normalized spacial score (nSPS) is 19.6. The van der Waals surface area contributed by atoms with Crippen molar-refractivity contribution in [3.05, 3.63) is 48.3 Å². The van der Waals surface area contributed by atoms with Gasteiger partial charge in [-0.05, 0) is 31.0 Å². The summed E-state index contributed by atoms with van der Waals surface area (Å²) in [6, 6.07) is 6.90. The van der Waals surface area contributed by atoms with Crippen molar-refractivity contribution in [3.8, 4) is 6.07 Å². The van der Waals surface area contributed by atoms with Crippen LogP contribution < -0.4 is 15.1 Å². The van der Waals surface area contributed by atoms with Crippen LogP contribution in [0.4, 0.5) is 20.6 Å². The fraction of sp³-hybridized carbons (Fsp3) is 0.400. The molecule has 1 unspecified atom stereocenters. The number of halogens is 1. The van der Waals surface area contributed by atoms with Gasteiger partial charge < -0.3 is 15.0 Å². The number of hydrogen-bond donors (Lipinski definition) is 1. The molecule has 2 fully saturated rings. The summed E-state index contributed by atoms with van der Waals surface area (Å²) in [5.41, 5.74) is 2.11. The molecule has 1 aromatic carbocycles. The molecule has 0 bridgehead atoms. The Balaban J connectivity index is 1.65. The van der Waals surface area contributed by atoms with E-state index in [4.69, 9.17) is 10.00 Å². The van der Waals surface area contributed by atoms with Gasteiger partial charge in [0.25, 0.3) is 0 Å². The van der Waals surface area contributed by atoms with E-state index in [0.717, 1.165) is 18.4 Å². The van der Waals surface area contributed by atoms with Crippen molar-refractivity contribution in [2.45, 2.75) is 18.9 Å². The summed E-state index contributed by atoms with van der Waals surface area (Å²) in [6.45, 7) is 6.52. The topological polar surface area (TPSA) is 68.6 Å². The Labute approximate surface area is 158 Å². The number of carbonyl (C=O) groups excluding carboxylic acids is 1. The van der Waals surface area contributed by atoms with E-state index in [1.807, 2.05) is 4.90 Å². The number of benzene rings is 1. The van der Waals surface area contributed by atoms with Gasteiger partial charge in [-0.3, -0.25) is 4.90 Å². The number of nitrogens with zero attached hydrogens (tertiary/aromatic N) is 3. The van der Waals surface area contributed by atoms with Crippen LogP contribution in [0.25, 0.3) is 0 Å². The Morgan fingerprint density at radius 2 is 2.19 bits per heavy atom. The molecule has 3 rings (SSSR count). The van der Waals surface area contributed by atoms with Gasteiger partial charge in [0.1, 0.15) is 11.9 Å². The van der Waals surface area contributed by atoms with Gasteiger partial charge in [-0.15, -0.1) is 6.58 Å². The number of nitriles is 1. The molecule has 0 aliphatic carbocycles. The van der Waals surface area contributed by atoms with Crippen LogP contribution in [0.15, 0.2) is 42.5 Å². The van der Waals surface area contributed by atoms with Crippen LogP contribution in [0.5, 0.6) is 0 Å². The maximum Gasteiger partial charge on any atom is 0.414 e. The fourth-order valence-electron chi connectivity index (χ4n) is 3.38. The standard InChI is InChI=1S/C20H23FN4O2/c1-2-9-23-13-17-14-25(20(26)27-17)16-3-4-19(18(21)12-16)24-10-6-15(5-8-22)7-11-24/h2-5,12,17,23H,1,6-7,9-11,13-14H2. The number of carbonyl (C=O) groups is 1. The van der Waals surface area contributed by atoms with E-state index in [0.29, 0.717) is 44.1 Å². The molecule has 1 atom stereocenters. The van der Waals surface area contributed by atoms with Crippen molar-refractivity contribution >= 4 is 17.5 Å². The van der Waals surface area contributed by atoms with E-state index >= 15 is 0 Å². The summed E-state index contributed by atoms with van der Waals surface area (Å²) >= 11 is 0. The van der Waals surface area contributed by atoms with Gasteiger partial charge >= 0.3 is 6.09 Å². The van der Waals surface area contributed by atoms with Crippen molar-refractivity contribution in [2.75, 3.05) is 42.5 Å². The maximum atomic E-state index is 14.7. The highest BCUT2D eigenvalue weighted by Crippen LogP contribution is 2.30. The minimum Gasteiger partial charge on any atom is -0.443 e. The van der Waals surface area contributed by atoms with Crippen LogP contribution in [-0.4, -0.2) is 44.9 Å². The molecule has 0 spiro atoms. The Morgan fingerprint density at radius 1 is 1.41 bits per heavy atom. The van der Waals surface area contributed by atoms with Crippen LogP contribution in [0, 0.1) is 17.1 Å². The van der Waals surface area contributed by atoms with Crippen molar-refractivity contribution in [3.63, 3.8) is 0 Å². The maximum absolute atomic E-state index is 14.7. The largest absolute Gasteiger partial charge is 0.443 e. The lowest BCUT2D eigenvalue weighted by molar-refractivity contribution is 0.141. The molecule has 2 heterocycles. The van der Waals surface area contributed by atoms with Gasteiger partial charge in [0.05, 0.1) is 24.0 Å². The molecule has 0 saturated carbocycles. The minimum absolute atomic E-state index is 0.271. The molecule has 7 heteroatoms. The van der Waals surface area contributed by atoms with Crippen molar-refractivity contribution < 1.29 is 13.9 Å². The summed E-state index contributed by atoms with van der Waals surface area (Å²) in [6.07, 6.45) is 4.10. The highest BCUT2D eigenvalue weighted by atomic mass is 19.1. The predicted octanol–water partition coefficient (Wildman–Crippen LogP) is 2.98. The highest BCUT2D eigenvalue weighted by molar-refractivity contribution is 5.90. The highest BCUT2D eigenvalue weighted by Gasteiger charge is 2.32. The summed E-state index contributed by atoms with van der Waals surface area (Å²) in [7, 11) is 0. The van der Waals surface area contributed by atoms with Crippen LogP contribution >= 0.6 is 0 Å². The third kappa shape index (κ3) is 4.47. The SMILES string of the molecule is C=CCNCC1CN(c2ccc(N3CCC(=CC#N)CC3)c(F)c2)C(=O)O1. The Bertz CT molecular complexity index is 777. The zero-order valence-corrected chi connectivity index (χ0v) is 15.2. The van der Waals surface area contributed by atoms with Crippen LogP contribution in [0.2, 0.25) is 0 Å². The first-order chi connectivity index (χ1) is 13.1. The molecule has 2 aliphatic heterocycles. The molecule has 1 aromatic rings. The summed E-state index contributed by atoms with van der Waals surface area (Å²) in [5, 5.41) is 11.8. The number of ether oxygens (including phenoxy) is 1. The molecule has 0 radical (unpaired) electrons. The Hall–Kier alpha value is -2.85. The van der Waals surface area contributed by atoms with Gasteiger partial charge in [-0.25, -0.2) is 9.18 Å². The number of hydrogen-bond acceptors (Lipinski definition) is 5. The number of rotatable bonds is 6. The first-order valence-electron chi connectivity index (χ1n) is 9.04. The lowest BCUT2D eigenvalue weighted by Crippen LogP contribution is -2.32. The molecular weight excluding hydrogens is 347 g/mol. The van der Waals surface area contributed by atoms with Crippen molar-refractivity contribution in [2.24, 2.45) is 0 Å². The number of allylic oxidation sites excluding steroid dienone is 1. The molecule has 2 saturated heterocycles. The fourth-order valence-corrected chi connectivity index (χ4v) is 3.38. The average Bonchev–Trinajstić information content (AvgIpc) is 3.03. The molecule has 142 valence electrons. The second-order valence-corrected chi connectivity index (χ2v) is 6.62. The smallest absolute Gasteiger partial charge is 0.414 e. The first kappa shape index (κ1) is 18.9. The van der Waals surface area contributed by atoms with E-state index in [1.54, 1.807) is 24.3 Å². The van der Waals surface area contributed by atoms with E-state index in [-0.39, 0.29) is 11.9 Å². The van der Waals surface area contributed by atoms with E-state index in [2.05, 4.69) is 18.0 Å². The van der Waals surface area contributed by atoms with Crippen molar-refractivity contribution in [1.82, 2.24) is 5.32 Å². The molecule has 1 amide bonds. The Morgan fingerprint density at radius 3 is 2.85 bits per heavy atom. The number of piperidine rings is 1. The lowest BCUT2D eigenvalue weighted by atomic mass is 10.0. The quantitative estimate of drug-likeness (QED) is 0.474. The molecule has 1 N–H and O–H groups in total. The van der Waals surface area contributed by atoms with Crippen molar-refractivity contribution in [1.29, 1.82) is 5.26 Å². The number of cyclic esters (lactones) is 1. The molecule has 0 aromatic heterocycles. The number of anilines is 2. The number of nitrogens with one attached hydrogen (secondary N) is 1. The van der Waals surface area contributed by atoms with Gasteiger partial charge in [0.15, 0.2) is 0 Å². The zero-order chi connectivity index (χ0) is 19.2. The first-order valence-corrected chi connectivity index (χ1v) is 9.04. The second kappa shape index (κ2) is 8.69. The summed E-state index contributed by atoms with van der Waals surface area (Å²) in [4.78, 5) is 15.5. The average molecular weight is 370 g/mol. The van der Waals surface area contributed by atoms with E-state index in [1.165, 1.54) is 11.0 Å². The zero-order valence-electron chi connectivity index (χ0n) is 15.2. The molecule has 6 nitrogen and oxygen atoms in total. The van der Waals surface area contributed by atoms with Crippen LogP contribution in [0.1, 0.15) is 12.8 Å². The van der Waals surface area contributed by atoms with Crippen LogP contribution in [0.3, 0.4) is 0 Å². The predicted molar refractivity (Wildman–Crippen MR) is 102 cm³/mol. The number of amides is 1. The third-order valence-electron chi connectivity index (χ3n) is 4.79. The molecular formula is C20H23FN4O2. The summed E-state index contributed by atoms with van der Waals surface area (Å²) in [5.74, 6) is -0.360. The van der Waals surface area contributed by atoms with E-state index in [9.17, 15) is 9.18 Å². The monoisotopic (exact) mass is 370 g/mol. The Kier molecular flexibility index (Phi) is 6.09.